The summed E-state index contributed by atoms with van der Waals surface area (Å²) in [5, 5.41) is 0. The van der Waals surface area contributed by atoms with E-state index in [9.17, 15) is 14.0 Å². The van der Waals surface area contributed by atoms with Gasteiger partial charge >= 0.3 is 5.97 Å². The zero-order chi connectivity index (χ0) is 25.3. The summed E-state index contributed by atoms with van der Waals surface area (Å²) in [5.74, 6) is 1.60. The molecule has 0 atom stereocenters. The average Bonchev–Trinajstić information content (AvgIpc) is 2.79. The van der Waals surface area contributed by atoms with E-state index in [1.54, 1.807) is 31.2 Å². The minimum Gasteiger partial charge on any atom is -0.462 e. The third-order valence-electron chi connectivity index (χ3n) is 4.97. The zero-order valence-electron chi connectivity index (χ0n) is 19.9. The van der Waals surface area contributed by atoms with Crippen LogP contribution in [-0.2, 0) is 20.9 Å². The monoisotopic (exact) mass is 461 g/mol. The molecule has 7 heteroatoms. The SMILES string of the molecule is C#C/C=C(\C=N/Cc1ccc(C(=C)/C=C2/N=C(C(C)=O)C=C(CC)N2C)c(F)c1)C(=O)OCC. The first-order valence-corrected chi connectivity index (χ1v) is 10.8. The molecule has 1 aliphatic rings. The van der Waals surface area contributed by atoms with Crippen molar-refractivity contribution in [3.63, 3.8) is 0 Å². The third-order valence-corrected chi connectivity index (χ3v) is 4.97. The molecule has 0 unspecified atom stereocenters. The number of terminal acetylenes is 1. The zero-order valence-corrected chi connectivity index (χ0v) is 19.9. The summed E-state index contributed by atoms with van der Waals surface area (Å²) < 4.78 is 19.8. The number of allylic oxidation sites excluding steroid dienone is 5. The molecule has 1 aromatic carbocycles. The number of ketones is 1. The van der Waals surface area contributed by atoms with Crippen LogP contribution >= 0.6 is 0 Å². The highest BCUT2D eigenvalue weighted by atomic mass is 19.1. The molecule has 1 aliphatic heterocycles. The van der Waals surface area contributed by atoms with Crippen LogP contribution < -0.4 is 0 Å². The van der Waals surface area contributed by atoms with Crippen molar-refractivity contribution in [2.75, 3.05) is 13.7 Å². The number of rotatable bonds is 9. The van der Waals surface area contributed by atoms with Crippen molar-refractivity contribution < 1.29 is 18.7 Å². The smallest absolute Gasteiger partial charge is 0.340 e. The van der Waals surface area contributed by atoms with Gasteiger partial charge in [0.25, 0.3) is 0 Å². The number of hydrogen-bond acceptors (Lipinski definition) is 6. The van der Waals surface area contributed by atoms with Crippen molar-refractivity contribution in [1.82, 2.24) is 4.90 Å². The third kappa shape index (κ3) is 6.72. The van der Waals surface area contributed by atoms with Gasteiger partial charge in [-0.05, 0) is 42.7 Å². The summed E-state index contributed by atoms with van der Waals surface area (Å²) in [5.41, 5.74) is 2.74. The fourth-order valence-corrected chi connectivity index (χ4v) is 3.13. The van der Waals surface area contributed by atoms with Gasteiger partial charge in [0.2, 0.25) is 0 Å². The molecular weight excluding hydrogens is 433 g/mol. The summed E-state index contributed by atoms with van der Waals surface area (Å²) in [6, 6.07) is 4.69. The molecular formula is C27H28FN3O3. The molecule has 6 nitrogen and oxygen atoms in total. The fraction of sp³-hybridized carbons (Fsp3) is 0.259. The van der Waals surface area contributed by atoms with Crippen LogP contribution in [0.1, 0.15) is 38.3 Å². The first-order chi connectivity index (χ1) is 16.2. The molecule has 0 aromatic heterocycles. The molecule has 176 valence electrons. The molecule has 2 rings (SSSR count). The van der Waals surface area contributed by atoms with Gasteiger partial charge in [0.1, 0.15) is 17.3 Å². The predicted molar refractivity (Wildman–Crippen MR) is 134 cm³/mol. The van der Waals surface area contributed by atoms with Gasteiger partial charge in [0.05, 0.1) is 18.7 Å². The first kappa shape index (κ1) is 26.2. The summed E-state index contributed by atoms with van der Waals surface area (Å²) in [7, 11) is 1.84. The molecule has 0 bridgehead atoms. The highest BCUT2D eigenvalue weighted by Gasteiger charge is 2.18. The van der Waals surface area contributed by atoms with E-state index in [1.807, 2.05) is 18.9 Å². The van der Waals surface area contributed by atoms with Crippen LogP contribution in [0.4, 0.5) is 4.39 Å². The number of benzene rings is 1. The van der Waals surface area contributed by atoms with E-state index in [-0.39, 0.29) is 24.5 Å². The average molecular weight is 462 g/mol. The number of esters is 1. The second-order valence-corrected chi connectivity index (χ2v) is 7.40. The quantitative estimate of drug-likeness (QED) is 0.232. The van der Waals surface area contributed by atoms with Gasteiger partial charge in [-0.15, -0.1) is 6.42 Å². The van der Waals surface area contributed by atoms with E-state index >= 15 is 0 Å². The van der Waals surface area contributed by atoms with Gasteiger partial charge in [-0.3, -0.25) is 9.79 Å². The number of carbonyl (C=O) groups is 2. The number of nitrogens with zero attached hydrogens (tertiary/aromatic N) is 3. The number of carbonyl (C=O) groups excluding carboxylic acids is 2. The highest BCUT2D eigenvalue weighted by molar-refractivity contribution is 6.44. The molecule has 1 aromatic rings. The summed E-state index contributed by atoms with van der Waals surface area (Å²) in [6.45, 7) is 9.48. The Kier molecular flexibility index (Phi) is 9.45. The Morgan fingerprint density at radius 3 is 2.68 bits per heavy atom. The van der Waals surface area contributed by atoms with Gasteiger partial charge in [-0.2, -0.15) is 0 Å². The second kappa shape index (κ2) is 12.3. The van der Waals surface area contributed by atoms with Crippen molar-refractivity contribution in [3.8, 4) is 12.3 Å². The summed E-state index contributed by atoms with van der Waals surface area (Å²) in [4.78, 5) is 34.1. The van der Waals surface area contributed by atoms with Crippen LogP contribution in [0.15, 0.2) is 70.1 Å². The predicted octanol–water partition coefficient (Wildman–Crippen LogP) is 4.64. The van der Waals surface area contributed by atoms with Crippen molar-refractivity contribution in [3.05, 3.63) is 77.0 Å². The number of halogens is 1. The second-order valence-electron chi connectivity index (χ2n) is 7.40. The Balaban J connectivity index is 2.22. The van der Waals surface area contributed by atoms with Crippen molar-refractivity contribution in [2.45, 2.75) is 33.7 Å². The Morgan fingerprint density at radius 2 is 2.09 bits per heavy atom. The Hall–Kier alpha value is -4.05. The lowest BCUT2D eigenvalue weighted by Gasteiger charge is -2.26. The molecule has 0 radical (unpaired) electrons. The Morgan fingerprint density at radius 1 is 1.35 bits per heavy atom. The minimum absolute atomic E-state index is 0.143. The van der Waals surface area contributed by atoms with E-state index in [4.69, 9.17) is 11.2 Å². The van der Waals surface area contributed by atoms with Gasteiger partial charge < -0.3 is 9.64 Å². The Bertz CT molecular complexity index is 1180. The maximum Gasteiger partial charge on any atom is 0.340 e. The number of Topliss-reactive ketones (excluding diaryl/α,β-unsaturated/α-hetero) is 1. The van der Waals surface area contributed by atoms with Crippen LogP contribution in [0.25, 0.3) is 5.57 Å². The first-order valence-electron chi connectivity index (χ1n) is 10.8. The largest absolute Gasteiger partial charge is 0.462 e. The molecule has 0 saturated carbocycles. The van der Waals surface area contributed by atoms with Gasteiger partial charge in [-0.1, -0.05) is 31.6 Å². The standard InChI is InChI=1S/C27H28FN3O3/c1-7-10-21(27(33)34-9-3)17-29-16-20-11-12-23(24(28)14-20)18(4)13-26-30-25(19(5)32)15-22(8-2)31(26)6/h1,10-15,17H,4,8-9,16H2,2-3,5-6H3/b21-10+,26-13-,29-17-. The van der Waals surface area contributed by atoms with Gasteiger partial charge in [0.15, 0.2) is 5.78 Å². The van der Waals surface area contributed by atoms with Crippen molar-refractivity contribution >= 4 is 29.3 Å². The van der Waals surface area contributed by atoms with Crippen molar-refractivity contribution in [1.29, 1.82) is 0 Å². The lowest BCUT2D eigenvalue weighted by molar-refractivity contribution is -0.137. The van der Waals surface area contributed by atoms with E-state index in [0.717, 1.165) is 5.70 Å². The minimum atomic E-state index is -0.570. The summed E-state index contributed by atoms with van der Waals surface area (Å²) in [6.07, 6.45) is 11.9. The van der Waals surface area contributed by atoms with Crippen LogP contribution in [0.3, 0.4) is 0 Å². The number of aliphatic imine (C=N–C) groups is 2. The normalized spacial score (nSPS) is 15.1. The lowest BCUT2D eigenvalue weighted by atomic mass is 10.0. The molecule has 0 saturated heterocycles. The van der Waals surface area contributed by atoms with Crippen LogP contribution in [0.2, 0.25) is 0 Å². The Labute approximate surface area is 199 Å². The molecule has 0 aliphatic carbocycles. The molecule has 0 fully saturated rings. The molecule has 1 heterocycles. The fourth-order valence-electron chi connectivity index (χ4n) is 3.13. The van der Waals surface area contributed by atoms with Gasteiger partial charge in [0, 0.05) is 37.5 Å². The van der Waals surface area contributed by atoms with E-state index < -0.39 is 11.8 Å². The van der Waals surface area contributed by atoms with E-state index in [1.165, 1.54) is 25.3 Å². The lowest BCUT2D eigenvalue weighted by Crippen LogP contribution is -2.24. The van der Waals surface area contributed by atoms with Crippen LogP contribution in [-0.4, -0.2) is 42.2 Å². The maximum atomic E-state index is 14.9. The molecule has 0 N–H and O–H groups in total. The molecule has 0 spiro atoms. The van der Waals surface area contributed by atoms with E-state index in [2.05, 4.69) is 22.5 Å². The van der Waals surface area contributed by atoms with Crippen molar-refractivity contribution in [2.24, 2.45) is 9.98 Å². The molecule has 34 heavy (non-hydrogen) atoms. The maximum absolute atomic E-state index is 14.9. The highest BCUT2D eigenvalue weighted by Crippen LogP contribution is 2.26. The molecule has 0 amide bonds. The topological polar surface area (TPSA) is 71.3 Å². The summed E-state index contributed by atoms with van der Waals surface area (Å²) >= 11 is 0. The number of hydrogen-bond donors (Lipinski definition) is 0. The van der Waals surface area contributed by atoms with Crippen LogP contribution in [0, 0.1) is 18.2 Å². The van der Waals surface area contributed by atoms with Crippen LogP contribution in [0.5, 0.6) is 0 Å². The van der Waals surface area contributed by atoms with E-state index in [0.29, 0.717) is 34.7 Å². The number of ether oxygens (including phenoxy) is 1. The van der Waals surface area contributed by atoms with Gasteiger partial charge in [-0.25, -0.2) is 14.2 Å².